The zero-order chi connectivity index (χ0) is 25.4. The largest absolute Gasteiger partial charge is 0.497 e. The molecule has 3 heterocycles. The van der Waals surface area contributed by atoms with Gasteiger partial charge in [-0.15, -0.1) is 0 Å². The minimum Gasteiger partial charge on any atom is -0.497 e. The Morgan fingerprint density at radius 3 is 2.53 bits per heavy atom. The third-order valence-corrected chi connectivity index (χ3v) is 8.14. The maximum Gasteiger partial charge on any atom is 0.252 e. The van der Waals surface area contributed by atoms with Crippen LogP contribution in [0.3, 0.4) is 0 Å². The molecular weight excluding hydrogens is 483 g/mol. The van der Waals surface area contributed by atoms with E-state index in [1.807, 2.05) is 24.3 Å². The molecule has 1 atom stereocenters. The van der Waals surface area contributed by atoms with Crippen molar-refractivity contribution >= 4 is 26.8 Å². The van der Waals surface area contributed by atoms with Crippen LogP contribution in [0.5, 0.6) is 5.75 Å². The molecule has 0 saturated carbocycles. The maximum atomic E-state index is 13.4. The summed E-state index contributed by atoms with van der Waals surface area (Å²) in [5.74, 6) is 0.102. The second-order valence-electron chi connectivity index (χ2n) is 8.88. The van der Waals surface area contributed by atoms with Gasteiger partial charge in [0.2, 0.25) is 0 Å². The van der Waals surface area contributed by atoms with Gasteiger partial charge in [0, 0.05) is 12.1 Å². The number of sulfone groups is 1. The number of aromatic nitrogens is 3. The van der Waals surface area contributed by atoms with Gasteiger partial charge in [-0.25, -0.2) is 22.5 Å². The van der Waals surface area contributed by atoms with E-state index in [0.717, 1.165) is 11.1 Å². The minimum atomic E-state index is -3.15. The SMILES string of the molecule is COc1ccc(-c2cc(C(=O)NCc3ccc(F)cc3)c3c(C)nn(C4CCS(=O)(=O)C4)c3n2)cc1. The zero-order valence-corrected chi connectivity index (χ0v) is 20.7. The molecule has 1 aliphatic rings. The van der Waals surface area contributed by atoms with E-state index in [2.05, 4.69) is 10.4 Å². The Bertz CT molecular complexity index is 1550. The lowest BCUT2D eigenvalue weighted by molar-refractivity contribution is 0.0952. The van der Waals surface area contributed by atoms with Crippen molar-refractivity contribution in [3.8, 4) is 17.0 Å². The van der Waals surface area contributed by atoms with Crippen LogP contribution in [0.2, 0.25) is 0 Å². The van der Waals surface area contributed by atoms with Crippen molar-refractivity contribution in [2.24, 2.45) is 0 Å². The molecule has 4 aromatic rings. The van der Waals surface area contributed by atoms with Gasteiger partial charge in [0.05, 0.1) is 47.0 Å². The Balaban J connectivity index is 1.59. The van der Waals surface area contributed by atoms with Crippen molar-refractivity contribution < 1.29 is 22.3 Å². The van der Waals surface area contributed by atoms with Crippen LogP contribution >= 0.6 is 0 Å². The fourth-order valence-corrected chi connectivity index (χ4v) is 6.20. The Hall–Kier alpha value is -3.79. The Morgan fingerprint density at radius 1 is 1.17 bits per heavy atom. The first kappa shape index (κ1) is 23.9. The van der Waals surface area contributed by atoms with Crippen LogP contribution in [0.4, 0.5) is 4.39 Å². The van der Waals surface area contributed by atoms with Crippen molar-refractivity contribution in [2.75, 3.05) is 18.6 Å². The number of amides is 1. The van der Waals surface area contributed by atoms with E-state index >= 15 is 0 Å². The second kappa shape index (κ2) is 9.34. The number of carbonyl (C=O) groups excluding carboxylic acids is 1. The van der Waals surface area contributed by atoms with Crippen LogP contribution in [0.25, 0.3) is 22.3 Å². The van der Waals surface area contributed by atoms with Gasteiger partial charge in [0.25, 0.3) is 5.91 Å². The highest BCUT2D eigenvalue weighted by atomic mass is 32.2. The lowest BCUT2D eigenvalue weighted by atomic mass is 10.0. The summed E-state index contributed by atoms with van der Waals surface area (Å²) in [5, 5.41) is 8.10. The lowest BCUT2D eigenvalue weighted by Crippen LogP contribution is -2.23. The number of benzene rings is 2. The quantitative estimate of drug-likeness (QED) is 0.425. The first-order valence-corrected chi connectivity index (χ1v) is 13.3. The van der Waals surface area contributed by atoms with Crippen LogP contribution in [0.1, 0.15) is 34.1 Å². The van der Waals surface area contributed by atoms with Crippen LogP contribution in [0.15, 0.2) is 54.6 Å². The summed E-state index contributed by atoms with van der Waals surface area (Å²) in [5.41, 5.74) is 3.53. The number of halogens is 1. The summed E-state index contributed by atoms with van der Waals surface area (Å²) in [6.45, 7) is 2.00. The van der Waals surface area contributed by atoms with Crippen LogP contribution in [-0.4, -0.2) is 47.7 Å². The number of nitrogens with zero attached hydrogens (tertiary/aromatic N) is 3. The van der Waals surface area contributed by atoms with Crippen LogP contribution < -0.4 is 10.1 Å². The zero-order valence-electron chi connectivity index (χ0n) is 19.9. The Labute approximate surface area is 208 Å². The molecule has 2 aromatic heterocycles. The fraction of sp³-hybridized carbons (Fsp3) is 0.269. The second-order valence-corrected chi connectivity index (χ2v) is 11.1. The van der Waals surface area contributed by atoms with Gasteiger partial charge in [0.1, 0.15) is 11.6 Å². The predicted molar refractivity (Wildman–Crippen MR) is 134 cm³/mol. The monoisotopic (exact) mass is 508 g/mol. The molecule has 8 nitrogen and oxygen atoms in total. The average Bonchev–Trinajstić information content (AvgIpc) is 3.41. The van der Waals surface area contributed by atoms with Crippen molar-refractivity contribution in [3.05, 3.63) is 77.2 Å². The Morgan fingerprint density at radius 2 is 1.89 bits per heavy atom. The van der Waals surface area contributed by atoms with E-state index < -0.39 is 9.84 Å². The van der Waals surface area contributed by atoms with Gasteiger partial charge in [-0.05, 0) is 61.4 Å². The fourth-order valence-electron chi connectivity index (χ4n) is 4.50. The standard InChI is InChI=1S/C26H25FN4O4S/c1-16-24-22(26(32)28-14-17-3-7-19(27)8-4-17)13-23(18-5-9-21(35-2)10-6-18)29-25(24)31(30-16)20-11-12-36(33,34)15-20/h3-10,13,20H,11-12,14-15H2,1-2H3,(H,28,32). The number of pyridine rings is 1. The number of rotatable bonds is 6. The molecular formula is C26H25FN4O4S. The molecule has 36 heavy (non-hydrogen) atoms. The molecule has 1 fully saturated rings. The first-order chi connectivity index (χ1) is 17.2. The minimum absolute atomic E-state index is 0.0102. The van der Waals surface area contributed by atoms with E-state index in [1.54, 1.807) is 36.9 Å². The van der Waals surface area contributed by atoms with E-state index in [0.29, 0.717) is 40.2 Å². The molecule has 0 aliphatic carbocycles. The molecule has 0 radical (unpaired) electrons. The number of methoxy groups -OCH3 is 1. The van der Waals surface area contributed by atoms with Gasteiger partial charge in [-0.3, -0.25) is 4.79 Å². The number of nitrogens with one attached hydrogen (secondary N) is 1. The van der Waals surface area contributed by atoms with Gasteiger partial charge in [0.15, 0.2) is 15.5 Å². The summed E-state index contributed by atoms with van der Waals surface area (Å²) in [6, 6.07) is 14.6. The first-order valence-electron chi connectivity index (χ1n) is 11.5. The van der Waals surface area contributed by atoms with E-state index in [9.17, 15) is 17.6 Å². The van der Waals surface area contributed by atoms with Crippen molar-refractivity contribution in [3.63, 3.8) is 0 Å². The van der Waals surface area contributed by atoms with E-state index in [1.165, 1.54) is 12.1 Å². The van der Waals surface area contributed by atoms with Gasteiger partial charge >= 0.3 is 0 Å². The van der Waals surface area contributed by atoms with E-state index in [4.69, 9.17) is 9.72 Å². The Kier molecular flexibility index (Phi) is 6.21. The highest BCUT2D eigenvalue weighted by molar-refractivity contribution is 7.91. The van der Waals surface area contributed by atoms with Crippen molar-refractivity contribution in [1.82, 2.24) is 20.1 Å². The number of carbonyl (C=O) groups is 1. The average molecular weight is 509 g/mol. The summed E-state index contributed by atoms with van der Waals surface area (Å²) >= 11 is 0. The maximum absolute atomic E-state index is 13.4. The molecule has 0 bridgehead atoms. The molecule has 2 aromatic carbocycles. The highest BCUT2D eigenvalue weighted by Crippen LogP contribution is 2.32. The number of ether oxygens (including phenoxy) is 1. The molecule has 10 heteroatoms. The normalized spacial score (nSPS) is 16.8. The molecule has 1 N–H and O–H groups in total. The highest BCUT2D eigenvalue weighted by Gasteiger charge is 2.32. The van der Waals surface area contributed by atoms with Crippen molar-refractivity contribution in [2.45, 2.75) is 25.9 Å². The number of hydrogen-bond donors (Lipinski definition) is 1. The number of fused-ring (bicyclic) bond motifs is 1. The summed E-state index contributed by atoms with van der Waals surface area (Å²) in [7, 11) is -1.57. The molecule has 1 aliphatic heterocycles. The van der Waals surface area contributed by atoms with Gasteiger partial charge in [-0.1, -0.05) is 12.1 Å². The topological polar surface area (TPSA) is 103 Å². The number of hydrogen-bond acceptors (Lipinski definition) is 6. The molecule has 0 spiro atoms. The molecule has 1 saturated heterocycles. The number of aryl methyl sites for hydroxylation is 1. The molecule has 1 unspecified atom stereocenters. The smallest absolute Gasteiger partial charge is 0.252 e. The molecule has 5 rings (SSSR count). The lowest BCUT2D eigenvalue weighted by Gasteiger charge is -2.13. The predicted octanol–water partition coefficient (Wildman–Crippen LogP) is 3.84. The molecule has 186 valence electrons. The van der Waals surface area contributed by atoms with Crippen LogP contribution in [0, 0.1) is 12.7 Å². The van der Waals surface area contributed by atoms with Crippen LogP contribution in [-0.2, 0) is 16.4 Å². The van der Waals surface area contributed by atoms with E-state index in [-0.39, 0.29) is 35.8 Å². The van der Waals surface area contributed by atoms with Crippen molar-refractivity contribution in [1.29, 1.82) is 0 Å². The summed E-state index contributed by atoms with van der Waals surface area (Å²) in [4.78, 5) is 18.2. The van der Waals surface area contributed by atoms with Gasteiger partial charge in [-0.2, -0.15) is 5.10 Å². The summed E-state index contributed by atoms with van der Waals surface area (Å²) < 4.78 is 44.5. The van der Waals surface area contributed by atoms with Gasteiger partial charge < -0.3 is 10.1 Å². The molecule has 1 amide bonds. The third-order valence-electron chi connectivity index (χ3n) is 6.39. The third kappa shape index (κ3) is 4.68. The summed E-state index contributed by atoms with van der Waals surface area (Å²) in [6.07, 6.45) is 0.444.